The molecule has 0 saturated heterocycles. The number of nitrogens with zero attached hydrogens (tertiary/aromatic N) is 1. The van der Waals surface area contributed by atoms with E-state index >= 15 is 0 Å². The lowest BCUT2D eigenvalue weighted by molar-refractivity contribution is -0.870. The van der Waals surface area contributed by atoms with Crippen LogP contribution in [0.4, 0.5) is 0 Å². The van der Waals surface area contributed by atoms with E-state index in [-0.39, 0.29) is 19.1 Å². The second kappa shape index (κ2) is 40.1. The molecule has 8 nitrogen and oxygen atoms in total. The molecule has 0 aromatic rings. The SMILES string of the molecule is CCCCCCCC/C=C/CC/C=C/C(O)C(COP(=O)(O)OCC[N+](C)(C)C)NC(=O)CCCCCCCCCCCCC/C=C\CCCCCCCCCC. The first-order chi connectivity index (χ1) is 27.5. The summed E-state index contributed by atoms with van der Waals surface area (Å²) in [5.74, 6) is -0.189. The van der Waals surface area contributed by atoms with Crippen molar-refractivity contribution in [3.05, 3.63) is 36.5 Å². The maximum Gasteiger partial charge on any atom is 0.472 e. The zero-order valence-electron chi connectivity index (χ0n) is 38.1. The van der Waals surface area contributed by atoms with Crippen molar-refractivity contribution in [2.75, 3.05) is 40.9 Å². The van der Waals surface area contributed by atoms with Crippen molar-refractivity contribution >= 4 is 13.7 Å². The van der Waals surface area contributed by atoms with Crippen molar-refractivity contribution in [1.29, 1.82) is 0 Å². The third-order valence-corrected chi connectivity index (χ3v) is 11.6. The minimum absolute atomic E-state index is 0.0562. The second-order valence-corrected chi connectivity index (χ2v) is 18.9. The summed E-state index contributed by atoms with van der Waals surface area (Å²) in [6.45, 7) is 4.78. The molecule has 3 unspecified atom stereocenters. The number of likely N-dealkylation sites (N-methyl/N-ethyl adjacent to an activating group) is 1. The predicted octanol–water partition coefficient (Wildman–Crippen LogP) is 13.5. The van der Waals surface area contributed by atoms with Gasteiger partial charge in [0, 0.05) is 6.42 Å². The molecular weight excluding hydrogens is 732 g/mol. The number of phosphoric acid groups is 1. The lowest BCUT2D eigenvalue weighted by atomic mass is 10.0. The number of quaternary nitrogens is 1. The van der Waals surface area contributed by atoms with Crippen molar-refractivity contribution in [3.63, 3.8) is 0 Å². The standard InChI is InChI=1S/C48H93N2O6P/c1-6-8-10-12-14-16-18-20-21-22-23-24-25-26-27-28-29-30-32-34-36-38-40-42-48(52)49-46(45-56-57(53,54)55-44-43-50(3,4)5)47(51)41-39-37-35-33-31-19-17-15-13-11-9-7-2/h22-23,31,33,39,41,46-47,51H,6-21,24-30,32,34-38,40,42-45H2,1-5H3,(H-,49,52,53,54)/p+1/b23-22-,33-31+,41-39+. The summed E-state index contributed by atoms with van der Waals surface area (Å²) >= 11 is 0. The summed E-state index contributed by atoms with van der Waals surface area (Å²) in [6.07, 6.45) is 49.4. The first-order valence-electron chi connectivity index (χ1n) is 23.9. The lowest BCUT2D eigenvalue weighted by Crippen LogP contribution is -2.45. The first-order valence-corrected chi connectivity index (χ1v) is 25.4. The molecule has 0 aromatic carbocycles. The van der Waals surface area contributed by atoms with Gasteiger partial charge in [0.2, 0.25) is 5.91 Å². The van der Waals surface area contributed by atoms with E-state index in [1.165, 1.54) is 154 Å². The van der Waals surface area contributed by atoms with Gasteiger partial charge in [-0.05, 0) is 57.8 Å². The van der Waals surface area contributed by atoms with Crippen LogP contribution >= 0.6 is 7.82 Å². The summed E-state index contributed by atoms with van der Waals surface area (Å²) in [5.41, 5.74) is 0. The summed E-state index contributed by atoms with van der Waals surface area (Å²) < 4.78 is 23.5. The molecule has 0 aromatic heterocycles. The van der Waals surface area contributed by atoms with Crippen LogP contribution in [0.2, 0.25) is 0 Å². The Hall–Kier alpha value is -1.28. The average molecular weight is 826 g/mol. The topological polar surface area (TPSA) is 105 Å². The Balaban J connectivity index is 4.27. The number of allylic oxidation sites excluding steroid dienone is 5. The molecule has 0 spiro atoms. The second-order valence-electron chi connectivity index (χ2n) is 17.5. The fourth-order valence-corrected chi connectivity index (χ4v) is 7.49. The van der Waals surface area contributed by atoms with Gasteiger partial charge in [-0.3, -0.25) is 13.8 Å². The fraction of sp³-hybridized carbons (Fsp3) is 0.854. The monoisotopic (exact) mass is 826 g/mol. The molecular formula is C48H94N2O6P+. The van der Waals surface area contributed by atoms with E-state index < -0.39 is 20.0 Å². The quantitative estimate of drug-likeness (QED) is 0.0245. The fourth-order valence-electron chi connectivity index (χ4n) is 6.76. The van der Waals surface area contributed by atoms with Gasteiger partial charge in [0.05, 0.1) is 39.9 Å². The Bertz CT molecular complexity index is 1030. The number of hydrogen-bond donors (Lipinski definition) is 3. The summed E-state index contributed by atoms with van der Waals surface area (Å²) in [7, 11) is 1.55. The van der Waals surface area contributed by atoms with Crippen LogP contribution < -0.4 is 5.32 Å². The van der Waals surface area contributed by atoms with E-state index in [0.717, 1.165) is 38.5 Å². The maximum absolute atomic E-state index is 12.9. The van der Waals surface area contributed by atoms with E-state index in [1.807, 2.05) is 27.2 Å². The molecule has 0 saturated carbocycles. The molecule has 1 amide bonds. The van der Waals surface area contributed by atoms with E-state index in [1.54, 1.807) is 6.08 Å². The van der Waals surface area contributed by atoms with Crippen LogP contribution in [0.1, 0.15) is 213 Å². The number of nitrogens with one attached hydrogen (secondary N) is 1. The van der Waals surface area contributed by atoms with Crippen LogP contribution in [0.5, 0.6) is 0 Å². The van der Waals surface area contributed by atoms with Crippen molar-refractivity contribution in [1.82, 2.24) is 5.32 Å². The third kappa shape index (κ3) is 42.6. The number of carbonyl (C=O) groups excluding carboxylic acids is 1. The molecule has 9 heteroatoms. The van der Waals surface area contributed by atoms with Gasteiger partial charge in [-0.15, -0.1) is 0 Å². The number of aliphatic hydroxyl groups is 1. The summed E-state index contributed by atoms with van der Waals surface area (Å²) in [6, 6.07) is -0.861. The number of amides is 1. The van der Waals surface area contributed by atoms with Gasteiger partial charge in [-0.25, -0.2) is 4.57 Å². The van der Waals surface area contributed by atoms with Crippen LogP contribution in [-0.4, -0.2) is 73.4 Å². The molecule has 336 valence electrons. The average Bonchev–Trinajstić information content (AvgIpc) is 3.16. The Morgan fingerprint density at radius 2 is 0.965 bits per heavy atom. The smallest absolute Gasteiger partial charge is 0.387 e. The van der Waals surface area contributed by atoms with Crippen molar-refractivity contribution < 1.29 is 32.9 Å². The zero-order valence-corrected chi connectivity index (χ0v) is 39.0. The lowest BCUT2D eigenvalue weighted by Gasteiger charge is -2.25. The van der Waals surface area contributed by atoms with E-state index in [0.29, 0.717) is 17.4 Å². The van der Waals surface area contributed by atoms with Gasteiger partial charge in [-0.1, -0.05) is 185 Å². The van der Waals surface area contributed by atoms with Crippen molar-refractivity contribution in [2.24, 2.45) is 0 Å². The highest BCUT2D eigenvalue weighted by Gasteiger charge is 2.27. The molecule has 0 aliphatic rings. The largest absolute Gasteiger partial charge is 0.472 e. The minimum atomic E-state index is -4.34. The zero-order chi connectivity index (χ0) is 42.1. The van der Waals surface area contributed by atoms with Gasteiger partial charge >= 0.3 is 7.82 Å². The van der Waals surface area contributed by atoms with E-state index in [2.05, 4.69) is 43.5 Å². The van der Waals surface area contributed by atoms with Crippen LogP contribution in [0.15, 0.2) is 36.5 Å². The Labute approximate surface area is 353 Å². The first kappa shape index (κ1) is 55.7. The number of hydrogen-bond acceptors (Lipinski definition) is 5. The number of phosphoric ester groups is 1. The number of aliphatic hydroxyl groups excluding tert-OH is 1. The molecule has 3 N–H and O–H groups in total. The Morgan fingerprint density at radius 3 is 1.40 bits per heavy atom. The van der Waals surface area contributed by atoms with Crippen molar-refractivity contribution in [2.45, 2.75) is 225 Å². The van der Waals surface area contributed by atoms with Crippen LogP contribution in [0.25, 0.3) is 0 Å². The van der Waals surface area contributed by atoms with Gasteiger partial charge in [-0.2, -0.15) is 0 Å². The molecule has 0 fully saturated rings. The molecule has 0 aliphatic heterocycles. The van der Waals surface area contributed by atoms with Gasteiger partial charge in [0.1, 0.15) is 13.2 Å². The predicted molar refractivity (Wildman–Crippen MR) is 244 cm³/mol. The molecule has 3 atom stereocenters. The van der Waals surface area contributed by atoms with Crippen LogP contribution in [0.3, 0.4) is 0 Å². The molecule has 0 bridgehead atoms. The number of rotatable bonds is 43. The molecule has 0 heterocycles. The van der Waals surface area contributed by atoms with Crippen LogP contribution in [-0.2, 0) is 18.4 Å². The normalized spacial score (nSPS) is 14.6. The molecule has 0 rings (SSSR count). The molecule has 0 aliphatic carbocycles. The Kier molecular flexibility index (Phi) is 39.2. The van der Waals surface area contributed by atoms with Crippen LogP contribution in [0, 0.1) is 0 Å². The minimum Gasteiger partial charge on any atom is -0.387 e. The summed E-state index contributed by atoms with van der Waals surface area (Å²) in [4.78, 5) is 23.1. The van der Waals surface area contributed by atoms with E-state index in [9.17, 15) is 19.4 Å². The highest BCUT2D eigenvalue weighted by molar-refractivity contribution is 7.47. The molecule has 57 heavy (non-hydrogen) atoms. The number of unbranched alkanes of at least 4 members (excludes halogenated alkanes) is 26. The third-order valence-electron chi connectivity index (χ3n) is 10.6. The van der Waals surface area contributed by atoms with E-state index in [4.69, 9.17) is 9.05 Å². The number of carbonyl (C=O) groups is 1. The van der Waals surface area contributed by atoms with Gasteiger partial charge in [0.15, 0.2) is 0 Å². The maximum atomic E-state index is 12.9. The highest BCUT2D eigenvalue weighted by Crippen LogP contribution is 2.43. The Morgan fingerprint density at radius 1 is 0.579 bits per heavy atom. The molecule has 0 radical (unpaired) electrons. The summed E-state index contributed by atoms with van der Waals surface area (Å²) in [5, 5.41) is 13.8. The van der Waals surface area contributed by atoms with Crippen molar-refractivity contribution in [3.8, 4) is 0 Å². The highest BCUT2D eigenvalue weighted by atomic mass is 31.2. The van der Waals surface area contributed by atoms with Gasteiger partial charge < -0.3 is 19.8 Å². The van der Waals surface area contributed by atoms with Gasteiger partial charge in [0.25, 0.3) is 0 Å².